The predicted octanol–water partition coefficient (Wildman–Crippen LogP) is 8.49. The van der Waals surface area contributed by atoms with E-state index >= 15 is 0 Å². The third-order valence-electron chi connectivity index (χ3n) is 8.49. The maximum Gasteiger partial charge on any atom is 0.302 e. The van der Waals surface area contributed by atoms with Crippen LogP contribution in [0.15, 0.2) is 89.7 Å². The Morgan fingerprint density at radius 3 is 2.49 bits per heavy atom. The fraction of sp³-hybridized carbons (Fsp3) is 0.390. The number of nitrogens with zero attached hydrogens (tertiary/aromatic N) is 3. The van der Waals surface area contributed by atoms with Gasteiger partial charge in [0.05, 0.1) is 19.5 Å². The van der Waals surface area contributed by atoms with E-state index in [1.54, 1.807) is 18.1 Å². The summed E-state index contributed by atoms with van der Waals surface area (Å²) < 4.78 is 18.6. The lowest BCUT2D eigenvalue weighted by Crippen LogP contribution is -2.29. The number of hydrogen-bond donors (Lipinski definition) is 1. The van der Waals surface area contributed by atoms with Crippen LogP contribution in [0.5, 0.6) is 5.75 Å². The summed E-state index contributed by atoms with van der Waals surface area (Å²) >= 11 is 1.68. The summed E-state index contributed by atoms with van der Waals surface area (Å²) in [6.07, 6.45) is 8.48. The van der Waals surface area contributed by atoms with Crippen molar-refractivity contribution in [1.29, 1.82) is 0 Å². The maximum atomic E-state index is 13.7. The number of nitrogens with one attached hydrogen (secondary N) is 1. The van der Waals surface area contributed by atoms with Gasteiger partial charge in [-0.05, 0) is 90.1 Å². The molecule has 0 aliphatic carbocycles. The number of thioether (sulfide) groups is 1. The average Bonchev–Trinajstić information content (AvgIpc) is 3.49. The van der Waals surface area contributed by atoms with E-state index in [0.717, 1.165) is 88.3 Å². The number of hydrogen-bond acceptors (Lipinski definition) is 8. The van der Waals surface area contributed by atoms with Crippen LogP contribution in [0.4, 0.5) is 11.4 Å². The molecule has 1 amide bonds. The second-order valence-corrected chi connectivity index (χ2v) is 14.1. The molecule has 1 N–H and O–H groups in total. The fourth-order valence-corrected chi connectivity index (χ4v) is 6.74. The molecule has 5 rings (SSSR count). The minimum atomic E-state index is -0.288. The zero-order chi connectivity index (χ0) is 36.0. The molecule has 0 radical (unpaired) electrons. The van der Waals surface area contributed by atoms with Crippen molar-refractivity contribution in [2.75, 3.05) is 49.7 Å². The van der Waals surface area contributed by atoms with Crippen molar-refractivity contribution < 1.29 is 23.8 Å². The van der Waals surface area contributed by atoms with Crippen LogP contribution in [-0.4, -0.2) is 60.9 Å². The first kappa shape index (κ1) is 37.7. The maximum absolute atomic E-state index is 13.7. The standard InChI is InChI=1S/C41H50N4O5S/c1-5-6-20-48-22-23-50-38-12-7-32(8-13-38)33-9-16-40-35(24-33)25-34(17-18-44(40)27-30(2)3)41(47)43-36-10-14-39(15-11-36)51-28-37-26-42-29-45(37)19-21-49-31(4)46/h7-16,24-26,29-30H,5-6,17-23,27-28H2,1-4H3,(H,43,47). The second kappa shape index (κ2) is 19.2. The van der Waals surface area contributed by atoms with Crippen LogP contribution in [0, 0.1) is 5.92 Å². The van der Waals surface area contributed by atoms with E-state index in [1.165, 1.54) is 6.92 Å². The number of unbranched alkanes of at least 4 members (excludes halogenated alkanes) is 1. The number of carbonyl (C=O) groups excluding carboxylic acids is 2. The van der Waals surface area contributed by atoms with Crippen LogP contribution in [0.1, 0.15) is 58.2 Å². The van der Waals surface area contributed by atoms with Gasteiger partial charge in [-0.3, -0.25) is 9.59 Å². The molecule has 2 heterocycles. The Bertz CT molecular complexity index is 1750. The number of fused-ring (bicyclic) bond motifs is 1. The number of ether oxygens (including phenoxy) is 3. The summed E-state index contributed by atoms with van der Waals surface area (Å²) in [5.41, 5.74) is 6.92. The van der Waals surface area contributed by atoms with Crippen LogP contribution >= 0.6 is 11.8 Å². The summed E-state index contributed by atoms with van der Waals surface area (Å²) in [6.45, 7) is 12.5. The van der Waals surface area contributed by atoms with Gasteiger partial charge in [0, 0.05) is 66.1 Å². The number of carbonyl (C=O) groups is 2. The zero-order valence-corrected chi connectivity index (χ0v) is 31.0. The van der Waals surface area contributed by atoms with Crippen LogP contribution in [0.25, 0.3) is 17.2 Å². The Kier molecular flexibility index (Phi) is 14.2. The Morgan fingerprint density at radius 1 is 0.961 bits per heavy atom. The summed E-state index contributed by atoms with van der Waals surface area (Å²) in [4.78, 5) is 32.5. The molecule has 0 saturated carbocycles. The van der Waals surface area contributed by atoms with Crippen molar-refractivity contribution in [2.45, 2.75) is 64.2 Å². The van der Waals surface area contributed by atoms with Gasteiger partial charge in [-0.25, -0.2) is 4.98 Å². The van der Waals surface area contributed by atoms with Crippen LogP contribution in [0.3, 0.4) is 0 Å². The molecular weight excluding hydrogens is 661 g/mol. The highest BCUT2D eigenvalue weighted by atomic mass is 32.2. The molecule has 270 valence electrons. The number of amides is 1. The Hall–Kier alpha value is -4.54. The molecule has 1 aromatic heterocycles. The number of rotatable bonds is 18. The summed E-state index contributed by atoms with van der Waals surface area (Å²) in [6, 6.07) is 22.6. The van der Waals surface area contributed by atoms with Gasteiger partial charge in [0.2, 0.25) is 0 Å². The zero-order valence-electron chi connectivity index (χ0n) is 30.2. The Balaban J connectivity index is 1.23. The highest BCUT2D eigenvalue weighted by Gasteiger charge is 2.21. The molecular formula is C41H50N4O5S. The Labute approximate surface area is 306 Å². The van der Waals surface area contributed by atoms with Crippen molar-refractivity contribution in [3.05, 3.63) is 96.1 Å². The van der Waals surface area contributed by atoms with Crippen molar-refractivity contribution >= 4 is 41.1 Å². The van der Waals surface area contributed by atoms with E-state index in [2.05, 4.69) is 72.4 Å². The predicted molar refractivity (Wildman–Crippen MR) is 206 cm³/mol. The topological polar surface area (TPSA) is 94.9 Å². The van der Waals surface area contributed by atoms with Gasteiger partial charge in [-0.1, -0.05) is 45.4 Å². The fourth-order valence-electron chi connectivity index (χ4n) is 5.85. The normalized spacial score (nSPS) is 12.6. The number of anilines is 2. The molecule has 1 aliphatic heterocycles. The van der Waals surface area contributed by atoms with E-state index in [1.807, 2.05) is 47.2 Å². The highest BCUT2D eigenvalue weighted by molar-refractivity contribution is 7.98. The molecule has 0 atom stereocenters. The lowest BCUT2D eigenvalue weighted by molar-refractivity contribution is -0.141. The number of esters is 1. The first-order chi connectivity index (χ1) is 24.8. The summed E-state index contributed by atoms with van der Waals surface area (Å²) in [7, 11) is 0. The summed E-state index contributed by atoms with van der Waals surface area (Å²) in [5.74, 6) is 1.65. The van der Waals surface area contributed by atoms with Crippen LogP contribution in [-0.2, 0) is 31.4 Å². The number of imidazole rings is 1. The molecule has 0 bridgehead atoms. The van der Waals surface area contributed by atoms with Gasteiger partial charge in [-0.15, -0.1) is 11.8 Å². The second-order valence-electron chi connectivity index (χ2n) is 13.1. The molecule has 1 aliphatic rings. The SMILES string of the molecule is CCCCOCCOc1ccc(-c2ccc3c(c2)C=C(C(=O)Nc2ccc(SCc4cncn4CCOC(C)=O)cc2)CCN3CC(C)C)cc1. The molecule has 10 heteroatoms. The number of benzene rings is 3. The largest absolute Gasteiger partial charge is 0.491 e. The minimum Gasteiger partial charge on any atom is -0.491 e. The quantitative estimate of drug-likeness (QED) is 0.0625. The van der Waals surface area contributed by atoms with Gasteiger partial charge in [-0.2, -0.15) is 0 Å². The average molecular weight is 711 g/mol. The van der Waals surface area contributed by atoms with E-state index in [-0.39, 0.29) is 11.9 Å². The van der Waals surface area contributed by atoms with E-state index in [0.29, 0.717) is 38.7 Å². The molecule has 51 heavy (non-hydrogen) atoms. The van der Waals surface area contributed by atoms with Crippen molar-refractivity contribution in [1.82, 2.24) is 9.55 Å². The van der Waals surface area contributed by atoms with Crippen LogP contribution in [0.2, 0.25) is 0 Å². The van der Waals surface area contributed by atoms with Crippen molar-refractivity contribution in [2.24, 2.45) is 5.92 Å². The smallest absolute Gasteiger partial charge is 0.302 e. The minimum absolute atomic E-state index is 0.0880. The molecule has 0 saturated heterocycles. The van der Waals surface area contributed by atoms with Crippen molar-refractivity contribution in [3.8, 4) is 16.9 Å². The van der Waals surface area contributed by atoms with Gasteiger partial charge in [0.1, 0.15) is 19.0 Å². The molecule has 3 aromatic carbocycles. The highest BCUT2D eigenvalue weighted by Crippen LogP contribution is 2.34. The molecule has 4 aromatic rings. The van der Waals surface area contributed by atoms with Gasteiger partial charge >= 0.3 is 5.97 Å². The van der Waals surface area contributed by atoms with Gasteiger partial charge in [0.15, 0.2) is 0 Å². The Morgan fingerprint density at radius 2 is 1.75 bits per heavy atom. The lowest BCUT2D eigenvalue weighted by Gasteiger charge is -2.27. The van der Waals surface area contributed by atoms with Crippen molar-refractivity contribution in [3.63, 3.8) is 0 Å². The lowest BCUT2D eigenvalue weighted by atomic mass is 10.00. The molecule has 0 fully saturated rings. The molecule has 9 nitrogen and oxygen atoms in total. The van der Waals surface area contributed by atoms with Gasteiger partial charge in [0.25, 0.3) is 5.91 Å². The van der Waals surface area contributed by atoms with E-state index < -0.39 is 0 Å². The monoisotopic (exact) mass is 710 g/mol. The number of aromatic nitrogens is 2. The third kappa shape index (κ3) is 11.5. The van der Waals surface area contributed by atoms with E-state index in [4.69, 9.17) is 14.2 Å². The molecule has 0 unspecified atom stereocenters. The first-order valence-electron chi connectivity index (χ1n) is 17.9. The van der Waals surface area contributed by atoms with Gasteiger partial charge < -0.3 is 29.0 Å². The first-order valence-corrected chi connectivity index (χ1v) is 18.8. The molecule has 0 spiro atoms. The summed E-state index contributed by atoms with van der Waals surface area (Å²) in [5, 5.41) is 3.13. The van der Waals surface area contributed by atoms with Crippen LogP contribution < -0.4 is 15.0 Å². The van der Waals surface area contributed by atoms with E-state index in [9.17, 15) is 9.59 Å². The third-order valence-corrected chi connectivity index (χ3v) is 9.53.